The molecule has 1 N–H and O–H groups in total. The summed E-state index contributed by atoms with van der Waals surface area (Å²) < 4.78 is 43.8. The van der Waals surface area contributed by atoms with Crippen molar-refractivity contribution < 1.29 is 22.6 Å². The lowest BCUT2D eigenvalue weighted by Gasteiger charge is -2.27. The van der Waals surface area contributed by atoms with E-state index in [0.717, 1.165) is 0 Å². The molecule has 3 rings (SSSR count). The summed E-state index contributed by atoms with van der Waals surface area (Å²) in [7, 11) is 2.74. The van der Waals surface area contributed by atoms with Crippen molar-refractivity contribution in [2.45, 2.75) is 11.4 Å². The molecule has 0 bridgehead atoms. The van der Waals surface area contributed by atoms with Crippen LogP contribution in [0.5, 0.6) is 11.5 Å². The average Bonchev–Trinajstić information content (AvgIpc) is 2.77. The molecule has 11 nitrogen and oxygen atoms in total. The van der Waals surface area contributed by atoms with E-state index < -0.39 is 10.0 Å². The van der Waals surface area contributed by atoms with Crippen LogP contribution in [0.1, 0.15) is 5.82 Å². The highest BCUT2D eigenvalue weighted by atomic mass is 32.2. The van der Waals surface area contributed by atoms with Crippen molar-refractivity contribution in [1.82, 2.24) is 19.7 Å². The number of benzene rings is 1. The third-order valence-electron chi connectivity index (χ3n) is 4.44. The van der Waals surface area contributed by atoms with Crippen LogP contribution in [0.3, 0.4) is 0 Å². The third kappa shape index (κ3) is 5.07. The van der Waals surface area contributed by atoms with Gasteiger partial charge in [0.05, 0.1) is 38.9 Å². The fourth-order valence-electron chi connectivity index (χ4n) is 2.81. The summed E-state index contributed by atoms with van der Waals surface area (Å²) in [6.45, 7) is 2.41. The van der Waals surface area contributed by atoms with Gasteiger partial charge in [0.1, 0.15) is 0 Å². The first-order valence-electron chi connectivity index (χ1n) is 9.30. The number of methoxy groups -OCH3 is 2. The molecule has 0 radical (unpaired) electrons. The van der Waals surface area contributed by atoms with Gasteiger partial charge in [0.25, 0.3) is 0 Å². The summed E-state index contributed by atoms with van der Waals surface area (Å²) in [6.07, 6.45) is 0. The van der Waals surface area contributed by atoms with Crippen molar-refractivity contribution >= 4 is 21.9 Å². The lowest BCUT2D eigenvalue weighted by atomic mass is 10.3. The SMILES string of the molecule is COc1ccc(S(=O)(=O)NCc2nc(N(C)C)nc(N3CCOCC3)n2)cc1OC. The van der Waals surface area contributed by atoms with Crippen molar-refractivity contribution in [2.75, 3.05) is 64.4 Å². The fraction of sp³-hybridized carbons (Fsp3) is 0.500. The van der Waals surface area contributed by atoms with Crippen LogP contribution in [-0.4, -0.2) is 78.0 Å². The standard InChI is InChI=1S/C18H26N6O5S/c1-23(2)17-20-16(21-18(22-17)24-7-9-29-10-8-24)12-19-30(25,26)13-5-6-14(27-3)15(11-13)28-4/h5-6,11,19H,7-10,12H2,1-4H3. The number of sulfonamides is 1. The summed E-state index contributed by atoms with van der Waals surface area (Å²) >= 11 is 0. The van der Waals surface area contributed by atoms with E-state index in [4.69, 9.17) is 14.2 Å². The molecule has 0 unspecified atom stereocenters. The zero-order valence-electron chi connectivity index (χ0n) is 17.5. The highest BCUT2D eigenvalue weighted by Gasteiger charge is 2.20. The molecule has 0 spiro atoms. The van der Waals surface area contributed by atoms with Gasteiger partial charge in [-0.15, -0.1) is 0 Å². The van der Waals surface area contributed by atoms with E-state index in [0.29, 0.717) is 55.5 Å². The monoisotopic (exact) mass is 438 g/mol. The molecule has 1 aromatic carbocycles. The van der Waals surface area contributed by atoms with E-state index in [2.05, 4.69) is 19.7 Å². The molecule has 12 heteroatoms. The number of hydrogen-bond acceptors (Lipinski definition) is 10. The van der Waals surface area contributed by atoms with Gasteiger partial charge in [-0.3, -0.25) is 0 Å². The van der Waals surface area contributed by atoms with Crippen LogP contribution in [0.2, 0.25) is 0 Å². The molecule has 0 atom stereocenters. The maximum Gasteiger partial charge on any atom is 0.241 e. The number of anilines is 2. The summed E-state index contributed by atoms with van der Waals surface area (Å²) in [5.41, 5.74) is 0. The van der Waals surface area contributed by atoms with Gasteiger partial charge >= 0.3 is 0 Å². The van der Waals surface area contributed by atoms with Crippen molar-refractivity contribution in [3.63, 3.8) is 0 Å². The quantitative estimate of drug-likeness (QED) is 0.615. The van der Waals surface area contributed by atoms with E-state index in [1.165, 1.54) is 32.4 Å². The Bertz CT molecular complexity index is 979. The van der Waals surface area contributed by atoms with E-state index in [9.17, 15) is 8.42 Å². The van der Waals surface area contributed by atoms with Gasteiger partial charge in [-0.25, -0.2) is 13.1 Å². The minimum Gasteiger partial charge on any atom is -0.493 e. The van der Waals surface area contributed by atoms with Crippen LogP contribution in [0.4, 0.5) is 11.9 Å². The lowest BCUT2D eigenvalue weighted by Crippen LogP contribution is -2.38. The molecule has 1 aliphatic heterocycles. The smallest absolute Gasteiger partial charge is 0.241 e. The summed E-state index contributed by atoms with van der Waals surface area (Å²) in [6, 6.07) is 4.39. The first-order chi connectivity index (χ1) is 14.3. The molecule has 2 aromatic rings. The molecule has 1 saturated heterocycles. The Kier molecular flexibility index (Phi) is 6.90. The number of ether oxygens (including phenoxy) is 3. The van der Waals surface area contributed by atoms with Gasteiger partial charge in [-0.1, -0.05) is 0 Å². The van der Waals surface area contributed by atoms with Crippen LogP contribution in [0.15, 0.2) is 23.1 Å². The number of morpholine rings is 1. The highest BCUT2D eigenvalue weighted by molar-refractivity contribution is 7.89. The first kappa shape index (κ1) is 22.0. The average molecular weight is 439 g/mol. The second-order valence-corrected chi connectivity index (χ2v) is 8.45. The van der Waals surface area contributed by atoms with Crippen LogP contribution in [-0.2, 0) is 21.3 Å². The van der Waals surface area contributed by atoms with E-state index in [-0.39, 0.29) is 11.4 Å². The number of nitrogens with zero attached hydrogens (tertiary/aromatic N) is 5. The summed E-state index contributed by atoms with van der Waals surface area (Å²) in [4.78, 5) is 17.1. The number of nitrogens with one attached hydrogen (secondary N) is 1. The zero-order valence-corrected chi connectivity index (χ0v) is 18.3. The molecule has 0 aliphatic carbocycles. The Hall–Kier alpha value is -2.70. The van der Waals surface area contributed by atoms with Gasteiger partial charge in [0, 0.05) is 33.3 Å². The minimum absolute atomic E-state index is 0.0513. The van der Waals surface area contributed by atoms with Gasteiger partial charge in [0.15, 0.2) is 17.3 Å². The molecular weight excluding hydrogens is 412 g/mol. The third-order valence-corrected chi connectivity index (χ3v) is 5.84. The number of rotatable bonds is 8. The maximum atomic E-state index is 12.8. The van der Waals surface area contributed by atoms with Gasteiger partial charge in [-0.05, 0) is 12.1 Å². The molecule has 1 aliphatic rings. The normalized spacial score (nSPS) is 14.5. The summed E-state index contributed by atoms with van der Waals surface area (Å²) in [5, 5.41) is 0. The molecule has 1 fully saturated rings. The van der Waals surface area contributed by atoms with Crippen LogP contribution in [0.25, 0.3) is 0 Å². The Balaban J connectivity index is 1.82. The Labute approximate surface area is 176 Å². The maximum absolute atomic E-state index is 12.8. The van der Waals surface area contributed by atoms with Crippen molar-refractivity contribution in [2.24, 2.45) is 0 Å². The van der Waals surface area contributed by atoms with Crippen molar-refractivity contribution in [1.29, 1.82) is 0 Å². The Morgan fingerprint density at radius 3 is 2.43 bits per heavy atom. The van der Waals surface area contributed by atoms with Gasteiger partial charge < -0.3 is 24.0 Å². The second kappa shape index (κ2) is 9.41. The first-order valence-corrected chi connectivity index (χ1v) is 10.8. The van der Waals surface area contributed by atoms with E-state index >= 15 is 0 Å². The van der Waals surface area contributed by atoms with Gasteiger partial charge in [0.2, 0.25) is 21.9 Å². The minimum atomic E-state index is -3.82. The van der Waals surface area contributed by atoms with Crippen molar-refractivity contribution in [3.05, 3.63) is 24.0 Å². The van der Waals surface area contributed by atoms with Crippen LogP contribution in [0, 0.1) is 0 Å². The topological polar surface area (TPSA) is 119 Å². The molecular formula is C18H26N6O5S. The summed E-state index contributed by atoms with van der Waals surface area (Å²) in [5.74, 6) is 2.04. The highest BCUT2D eigenvalue weighted by Crippen LogP contribution is 2.29. The number of aromatic nitrogens is 3. The predicted molar refractivity (Wildman–Crippen MR) is 111 cm³/mol. The largest absolute Gasteiger partial charge is 0.493 e. The molecule has 2 heterocycles. The van der Waals surface area contributed by atoms with Crippen LogP contribution < -0.4 is 24.0 Å². The number of hydrogen-bond donors (Lipinski definition) is 1. The molecule has 30 heavy (non-hydrogen) atoms. The Morgan fingerprint density at radius 1 is 1.10 bits per heavy atom. The Morgan fingerprint density at radius 2 is 1.80 bits per heavy atom. The second-order valence-electron chi connectivity index (χ2n) is 6.69. The lowest BCUT2D eigenvalue weighted by molar-refractivity contribution is 0.122. The fourth-order valence-corrected chi connectivity index (χ4v) is 3.80. The molecule has 164 valence electrons. The van der Waals surface area contributed by atoms with E-state index in [1.807, 2.05) is 19.0 Å². The van der Waals surface area contributed by atoms with Crippen LogP contribution >= 0.6 is 0 Å². The van der Waals surface area contributed by atoms with Gasteiger partial charge in [-0.2, -0.15) is 15.0 Å². The van der Waals surface area contributed by atoms with E-state index in [1.54, 1.807) is 4.90 Å². The zero-order chi connectivity index (χ0) is 21.7. The van der Waals surface area contributed by atoms with Crippen molar-refractivity contribution in [3.8, 4) is 11.5 Å². The predicted octanol–water partition coefficient (Wildman–Crippen LogP) is 0.270. The molecule has 0 amide bonds. The molecule has 0 saturated carbocycles. The molecule has 1 aromatic heterocycles.